The van der Waals surface area contributed by atoms with Gasteiger partial charge in [0, 0.05) is 28.3 Å². The van der Waals surface area contributed by atoms with Crippen LogP contribution in [0.5, 0.6) is 23.0 Å². The highest BCUT2D eigenvalue weighted by molar-refractivity contribution is 5.66. The largest absolute Gasteiger partial charge is 0.508 e. The fraction of sp³-hybridized carbons (Fsp3) is 0.360. The van der Waals surface area contributed by atoms with Gasteiger partial charge >= 0.3 is 0 Å². The zero-order valence-corrected chi connectivity index (χ0v) is 17.3. The molecule has 3 aliphatic heterocycles. The summed E-state index contributed by atoms with van der Waals surface area (Å²) in [4.78, 5) is 0. The first-order valence-electron chi connectivity index (χ1n) is 10.2. The van der Waals surface area contributed by atoms with Crippen molar-refractivity contribution in [3.05, 3.63) is 64.2 Å². The molecule has 4 heteroatoms. The maximum atomic E-state index is 10.5. The second-order valence-electron chi connectivity index (χ2n) is 8.89. The smallest absolute Gasteiger partial charge is 0.138 e. The van der Waals surface area contributed by atoms with Gasteiger partial charge in [0.15, 0.2) is 0 Å². The Balaban J connectivity index is 1.55. The Kier molecular flexibility index (Phi) is 3.95. The van der Waals surface area contributed by atoms with Crippen molar-refractivity contribution in [3.8, 4) is 23.0 Å². The lowest BCUT2D eigenvalue weighted by Crippen LogP contribution is -2.28. The molecule has 0 amide bonds. The van der Waals surface area contributed by atoms with Crippen LogP contribution in [0, 0.1) is 0 Å². The Labute approximate surface area is 171 Å². The molecule has 150 valence electrons. The summed E-state index contributed by atoms with van der Waals surface area (Å²) in [7, 11) is 0. The van der Waals surface area contributed by atoms with Gasteiger partial charge in [-0.25, -0.2) is 0 Å². The van der Waals surface area contributed by atoms with Crippen LogP contribution in [-0.2, 0) is 6.42 Å². The van der Waals surface area contributed by atoms with Gasteiger partial charge in [-0.05, 0) is 52.3 Å². The van der Waals surface area contributed by atoms with Gasteiger partial charge in [-0.15, -0.1) is 0 Å². The summed E-state index contributed by atoms with van der Waals surface area (Å²) in [6.45, 7) is 8.76. The molecule has 2 aromatic carbocycles. The number of aromatic hydroxyl groups is 1. The molecule has 2 unspecified atom stereocenters. The number of allylic oxidation sites excluding steroid dienone is 2. The van der Waals surface area contributed by atoms with Crippen molar-refractivity contribution in [2.45, 2.75) is 51.7 Å². The number of benzene rings is 2. The molecule has 3 heterocycles. The van der Waals surface area contributed by atoms with E-state index in [2.05, 4.69) is 38.1 Å². The van der Waals surface area contributed by atoms with Gasteiger partial charge in [0.1, 0.15) is 34.7 Å². The molecule has 0 saturated heterocycles. The van der Waals surface area contributed by atoms with E-state index in [4.69, 9.17) is 14.2 Å². The van der Waals surface area contributed by atoms with Crippen molar-refractivity contribution >= 4 is 6.08 Å². The minimum atomic E-state index is -0.324. The minimum absolute atomic E-state index is 0.116. The summed E-state index contributed by atoms with van der Waals surface area (Å²) < 4.78 is 18.7. The summed E-state index contributed by atoms with van der Waals surface area (Å²) in [5, 5.41) is 10.5. The summed E-state index contributed by atoms with van der Waals surface area (Å²) in [6, 6.07) is 7.86. The molecule has 1 N–H and O–H groups in total. The van der Waals surface area contributed by atoms with E-state index < -0.39 is 0 Å². The molecule has 0 aromatic heterocycles. The number of phenols is 1. The zero-order chi connectivity index (χ0) is 20.3. The summed E-state index contributed by atoms with van der Waals surface area (Å²) in [6.07, 6.45) is 6.83. The molecule has 2 atom stereocenters. The Morgan fingerprint density at radius 3 is 2.79 bits per heavy atom. The lowest BCUT2D eigenvalue weighted by atomic mass is 9.87. The summed E-state index contributed by atoms with van der Waals surface area (Å²) >= 11 is 0. The van der Waals surface area contributed by atoms with Crippen molar-refractivity contribution in [2.75, 3.05) is 6.61 Å². The van der Waals surface area contributed by atoms with Gasteiger partial charge in [0.05, 0.1) is 12.5 Å². The van der Waals surface area contributed by atoms with Crippen molar-refractivity contribution in [3.63, 3.8) is 0 Å². The minimum Gasteiger partial charge on any atom is -0.508 e. The van der Waals surface area contributed by atoms with Crippen LogP contribution in [0.3, 0.4) is 0 Å². The maximum absolute atomic E-state index is 10.5. The van der Waals surface area contributed by atoms with Gasteiger partial charge in [-0.2, -0.15) is 0 Å². The number of phenolic OH excluding ortho intramolecular Hbond substituents is 1. The van der Waals surface area contributed by atoms with Gasteiger partial charge in [0.2, 0.25) is 0 Å². The third kappa shape index (κ3) is 2.98. The van der Waals surface area contributed by atoms with Crippen molar-refractivity contribution in [1.29, 1.82) is 0 Å². The van der Waals surface area contributed by atoms with E-state index in [0.717, 1.165) is 39.5 Å². The van der Waals surface area contributed by atoms with E-state index in [-0.39, 0.29) is 23.4 Å². The molecule has 0 spiro atoms. The predicted molar refractivity (Wildman–Crippen MR) is 113 cm³/mol. The molecule has 0 saturated carbocycles. The van der Waals surface area contributed by atoms with Crippen molar-refractivity contribution < 1.29 is 19.3 Å². The fourth-order valence-electron chi connectivity index (χ4n) is 4.35. The number of ether oxygens (including phenoxy) is 3. The first-order valence-corrected chi connectivity index (χ1v) is 10.2. The molecular weight excluding hydrogens is 364 g/mol. The van der Waals surface area contributed by atoms with E-state index >= 15 is 0 Å². The van der Waals surface area contributed by atoms with Gasteiger partial charge in [0.25, 0.3) is 0 Å². The Morgan fingerprint density at radius 1 is 1.17 bits per heavy atom. The van der Waals surface area contributed by atoms with Gasteiger partial charge < -0.3 is 19.3 Å². The summed E-state index contributed by atoms with van der Waals surface area (Å²) in [5.74, 6) is 2.86. The van der Waals surface area contributed by atoms with E-state index in [1.54, 1.807) is 6.07 Å². The molecule has 0 radical (unpaired) electrons. The van der Waals surface area contributed by atoms with Crippen LogP contribution in [0.15, 0.2) is 42.0 Å². The number of hydrogen-bond acceptors (Lipinski definition) is 4. The van der Waals surface area contributed by atoms with Crippen LogP contribution in [-0.4, -0.2) is 17.3 Å². The maximum Gasteiger partial charge on any atom is 0.138 e. The van der Waals surface area contributed by atoms with Crippen LogP contribution < -0.4 is 14.2 Å². The van der Waals surface area contributed by atoms with Crippen LogP contribution in [0.1, 0.15) is 62.0 Å². The molecule has 29 heavy (non-hydrogen) atoms. The van der Waals surface area contributed by atoms with Crippen LogP contribution >= 0.6 is 0 Å². The highest BCUT2D eigenvalue weighted by atomic mass is 16.5. The van der Waals surface area contributed by atoms with Gasteiger partial charge in [-0.3, -0.25) is 0 Å². The first kappa shape index (κ1) is 18.2. The molecular formula is C25H26O4. The zero-order valence-electron chi connectivity index (χ0n) is 17.3. The van der Waals surface area contributed by atoms with Crippen LogP contribution in [0.2, 0.25) is 0 Å². The monoisotopic (exact) mass is 390 g/mol. The predicted octanol–water partition coefficient (Wildman–Crippen LogP) is 5.69. The quantitative estimate of drug-likeness (QED) is 0.669. The van der Waals surface area contributed by atoms with E-state index in [1.807, 2.05) is 26.0 Å². The third-order valence-electron chi connectivity index (χ3n) is 5.89. The standard InChI is InChI=1S/C25H26O4/c1-14(2)5-6-17-20(26)8-7-16-19-13-27-22-12-21-15(9-10-25(3,4)29-21)11-18(22)24(19)28-23(16)17/h5,7-12,19,24,26H,6,13H2,1-4H3. The second kappa shape index (κ2) is 6.31. The SMILES string of the molecule is CC(C)=CCc1c(O)ccc2c1OC1c3cc4c(cc3OCC21)OC(C)(C)C=C4. The normalized spacial score (nSPS) is 22.2. The first-order chi connectivity index (χ1) is 13.8. The highest BCUT2D eigenvalue weighted by Gasteiger charge is 2.43. The summed E-state index contributed by atoms with van der Waals surface area (Å²) in [5.41, 5.74) is 4.93. The van der Waals surface area contributed by atoms with Crippen molar-refractivity contribution in [2.24, 2.45) is 0 Å². The molecule has 4 nitrogen and oxygen atoms in total. The molecule has 0 aliphatic carbocycles. The fourth-order valence-corrected chi connectivity index (χ4v) is 4.35. The highest BCUT2D eigenvalue weighted by Crippen LogP contribution is 2.54. The topological polar surface area (TPSA) is 47.9 Å². The van der Waals surface area contributed by atoms with Crippen LogP contribution in [0.4, 0.5) is 0 Å². The van der Waals surface area contributed by atoms with E-state index in [1.165, 1.54) is 5.57 Å². The van der Waals surface area contributed by atoms with E-state index in [0.29, 0.717) is 13.0 Å². The third-order valence-corrected chi connectivity index (χ3v) is 5.89. The van der Waals surface area contributed by atoms with Crippen LogP contribution in [0.25, 0.3) is 6.08 Å². The molecule has 5 rings (SSSR count). The number of hydrogen-bond donors (Lipinski definition) is 1. The second-order valence-corrected chi connectivity index (χ2v) is 8.89. The Morgan fingerprint density at radius 2 is 2.00 bits per heavy atom. The average molecular weight is 390 g/mol. The number of fused-ring (bicyclic) bond motifs is 6. The van der Waals surface area contributed by atoms with Crippen molar-refractivity contribution in [1.82, 2.24) is 0 Å². The lowest BCUT2D eigenvalue weighted by molar-refractivity contribution is 0.134. The average Bonchev–Trinajstić information content (AvgIpc) is 3.04. The van der Waals surface area contributed by atoms with Gasteiger partial charge in [-0.1, -0.05) is 23.8 Å². The Hall–Kier alpha value is -2.88. The van der Waals surface area contributed by atoms with E-state index in [9.17, 15) is 5.11 Å². The molecule has 0 bridgehead atoms. The lowest BCUT2D eigenvalue weighted by Gasteiger charge is -2.32. The molecule has 2 aromatic rings. The Bertz CT molecular complexity index is 1060. The molecule has 3 aliphatic rings. The molecule has 0 fully saturated rings. The number of rotatable bonds is 2.